The molecule has 81 heavy (non-hydrogen) atoms. The molecule has 0 aliphatic heterocycles. The van der Waals surface area contributed by atoms with Gasteiger partial charge in [-0.15, -0.1) is 0 Å². The van der Waals surface area contributed by atoms with Crippen molar-refractivity contribution in [1.29, 1.82) is 0 Å². The lowest BCUT2D eigenvalue weighted by Gasteiger charge is -2.37. The van der Waals surface area contributed by atoms with Crippen LogP contribution in [0.25, 0.3) is 44.5 Å². The van der Waals surface area contributed by atoms with Crippen molar-refractivity contribution >= 4 is 17.1 Å². The molecular formula is C80H67N. The van der Waals surface area contributed by atoms with Crippen LogP contribution in [0.15, 0.2) is 231 Å². The second kappa shape index (κ2) is 18.9. The van der Waals surface area contributed by atoms with Gasteiger partial charge in [-0.25, -0.2) is 0 Å². The zero-order valence-electron chi connectivity index (χ0n) is 47.5. The molecule has 0 fully saturated rings. The van der Waals surface area contributed by atoms with Crippen molar-refractivity contribution < 1.29 is 0 Å². The number of rotatable bonds is 11. The topological polar surface area (TPSA) is 3.24 Å². The van der Waals surface area contributed by atoms with Crippen LogP contribution in [0.5, 0.6) is 0 Å². The fraction of sp³-hybridized carbons (Fsp3) is 0.175. The lowest BCUT2D eigenvalue weighted by molar-refractivity contribution is 0.733. The van der Waals surface area contributed by atoms with Crippen LogP contribution < -0.4 is 4.90 Å². The number of hydrogen-bond donors (Lipinski definition) is 0. The van der Waals surface area contributed by atoms with E-state index < -0.39 is 10.8 Å². The highest BCUT2D eigenvalue weighted by molar-refractivity contribution is 5.93. The van der Waals surface area contributed by atoms with E-state index >= 15 is 0 Å². The molecule has 0 saturated carbocycles. The maximum absolute atomic E-state index is 2.59. The third-order valence-electron chi connectivity index (χ3n) is 19.4. The SMILES string of the molecule is CCC(C)c1ccc(N(c2ccc(C)cc2)c2ccc(-c3ccc4c(c3)C(c3ccc5c(c3)CC5)(c3ccc5c(c3)CC5)c3cc(-c5ccc6c(c5)C(c5ccc(C)cc5)(c5ccc(C)cc5)c5cc(C)ccc5-6)ccc3-4)cc2)cc1. The van der Waals surface area contributed by atoms with E-state index in [0.717, 1.165) is 49.2 Å². The maximum atomic E-state index is 2.59. The fourth-order valence-corrected chi connectivity index (χ4v) is 14.5. The van der Waals surface area contributed by atoms with Crippen LogP contribution >= 0.6 is 0 Å². The van der Waals surface area contributed by atoms with E-state index in [-0.39, 0.29) is 0 Å². The van der Waals surface area contributed by atoms with Crippen molar-refractivity contribution in [2.75, 3.05) is 4.90 Å². The molecule has 0 spiro atoms. The molecule has 15 rings (SSSR count). The summed E-state index contributed by atoms with van der Waals surface area (Å²) in [7, 11) is 0. The summed E-state index contributed by atoms with van der Waals surface area (Å²) < 4.78 is 0. The largest absolute Gasteiger partial charge is 0.311 e. The Morgan fingerprint density at radius 3 is 1.07 bits per heavy atom. The molecule has 0 N–H and O–H groups in total. The highest BCUT2D eigenvalue weighted by Gasteiger charge is 2.49. The summed E-state index contributed by atoms with van der Waals surface area (Å²) in [4.78, 5) is 2.40. The van der Waals surface area contributed by atoms with Crippen molar-refractivity contribution in [3.05, 3.63) is 325 Å². The van der Waals surface area contributed by atoms with Crippen LogP contribution in [0.3, 0.4) is 0 Å². The first kappa shape index (κ1) is 49.3. The Morgan fingerprint density at radius 1 is 0.321 bits per heavy atom. The first-order valence-corrected chi connectivity index (χ1v) is 29.6. The van der Waals surface area contributed by atoms with Gasteiger partial charge in [-0.3, -0.25) is 0 Å². The summed E-state index contributed by atoms with van der Waals surface area (Å²) in [6.07, 6.45) is 5.67. The number of hydrogen-bond acceptors (Lipinski definition) is 1. The summed E-state index contributed by atoms with van der Waals surface area (Å²) in [5.41, 5.74) is 35.6. The smallest absolute Gasteiger partial charge is 0.0714 e. The maximum Gasteiger partial charge on any atom is 0.0714 e. The lowest BCUT2D eigenvalue weighted by atomic mass is 9.65. The molecule has 4 aliphatic carbocycles. The van der Waals surface area contributed by atoms with Gasteiger partial charge in [-0.2, -0.15) is 0 Å². The number of nitrogens with zero attached hydrogens (tertiary/aromatic N) is 1. The zero-order valence-corrected chi connectivity index (χ0v) is 47.5. The van der Waals surface area contributed by atoms with Gasteiger partial charge >= 0.3 is 0 Å². The van der Waals surface area contributed by atoms with Gasteiger partial charge in [0, 0.05) is 17.1 Å². The van der Waals surface area contributed by atoms with Gasteiger partial charge in [0.25, 0.3) is 0 Å². The average molecular weight is 1040 g/mol. The van der Waals surface area contributed by atoms with Crippen LogP contribution in [0.4, 0.5) is 17.1 Å². The summed E-state index contributed by atoms with van der Waals surface area (Å²) in [6.45, 7) is 13.4. The second-order valence-corrected chi connectivity index (χ2v) is 24.1. The molecular weight excluding hydrogens is 975 g/mol. The van der Waals surface area contributed by atoms with Crippen LogP contribution in [0, 0.1) is 27.7 Å². The Bertz CT molecular complexity index is 4190. The van der Waals surface area contributed by atoms with Gasteiger partial charge in [0.1, 0.15) is 0 Å². The Kier molecular flexibility index (Phi) is 11.5. The normalized spacial score (nSPS) is 14.8. The number of anilines is 3. The first-order valence-electron chi connectivity index (χ1n) is 29.6. The Hall–Kier alpha value is -8.78. The highest BCUT2D eigenvalue weighted by atomic mass is 15.1. The monoisotopic (exact) mass is 1040 g/mol. The van der Waals surface area contributed by atoms with Crippen molar-refractivity contribution in [3.8, 4) is 44.5 Å². The highest BCUT2D eigenvalue weighted by Crippen LogP contribution is 2.60. The van der Waals surface area contributed by atoms with Crippen LogP contribution in [-0.4, -0.2) is 0 Å². The molecule has 11 aromatic carbocycles. The molecule has 1 nitrogen and oxygen atoms in total. The van der Waals surface area contributed by atoms with Crippen LogP contribution in [0.2, 0.25) is 0 Å². The fourth-order valence-electron chi connectivity index (χ4n) is 14.5. The predicted octanol–water partition coefficient (Wildman–Crippen LogP) is 20.2. The first-order chi connectivity index (χ1) is 39.6. The molecule has 1 heteroatoms. The van der Waals surface area contributed by atoms with E-state index in [9.17, 15) is 0 Å². The Balaban J connectivity index is 0.906. The molecule has 4 aliphatic rings. The molecule has 0 radical (unpaired) electrons. The van der Waals surface area contributed by atoms with Gasteiger partial charge in [0.15, 0.2) is 0 Å². The van der Waals surface area contributed by atoms with E-state index in [1.807, 2.05) is 0 Å². The molecule has 1 atom stereocenters. The van der Waals surface area contributed by atoms with Crippen molar-refractivity contribution in [3.63, 3.8) is 0 Å². The van der Waals surface area contributed by atoms with Gasteiger partial charge in [-0.1, -0.05) is 212 Å². The molecule has 0 bridgehead atoms. The molecule has 0 saturated heterocycles. The minimum Gasteiger partial charge on any atom is -0.311 e. The lowest BCUT2D eigenvalue weighted by Crippen LogP contribution is -2.30. The third kappa shape index (κ3) is 7.65. The molecule has 0 amide bonds. The van der Waals surface area contributed by atoms with E-state index in [1.54, 1.807) is 0 Å². The van der Waals surface area contributed by atoms with Crippen LogP contribution in [-0.2, 0) is 36.5 Å². The Labute approximate surface area is 479 Å². The van der Waals surface area contributed by atoms with Crippen molar-refractivity contribution in [1.82, 2.24) is 0 Å². The number of fused-ring (bicyclic) bond motifs is 8. The molecule has 0 heterocycles. The van der Waals surface area contributed by atoms with E-state index in [4.69, 9.17) is 0 Å². The molecule has 11 aromatic rings. The summed E-state index contributed by atoms with van der Waals surface area (Å²) >= 11 is 0. The van der Waals surface area contributed by atoms with Crippen molar-refractivity contribution in [2.45, 2.75) is 90.4 Å². The van der Waals surface area contributed by atoms with E-state index in [2.05, 4.69) is 277 Å². The molecule has 392 valence electrons. The number of benzene rings is 11. The summed E-state index contributed by atoms with van der Waals surface area (Å²) in [5, 5.41) is 0. The zero-order chi connectivity index (χ0) is 54.7. The molecule has 0 aromatic heterocycles. The Morgan fingerprint density at radius 2 is 0.654 bits per heavy atom. The average Bonchev–Trinajstić information content (AvgIpc) is 2.37. The van der Waals surface area contributed by atoms with E-state index in [1.165, 1.54) is 139 Å². The van der Waals surface area contributed by atoms with Gasteiger partial charge in [-0.05, 0) is 237 Å². The number of aryl methyl sites for hydroxylation is 8. The molecule has 1 unspecified atom stereocenters. The standard InChI is InChI=1S/C80H67N/c1-7-54(6)55-21-36-69(37-22-55)81(68-34-12-52(4)13-35-68)70-38-23-58(24-39-70)61-25-41-73-74-43-27-63(49-78(74)80(77(73)47-61,66-32-19-56-15-17-59(56)45-66)67-33-20-57-16-18-60(57)46-67)62-26-42-72-71-40-14-53(5)44-75(71)79(76(72)48-62,64-28-8-50(2)9-29-64)65-30-10-51(3)11-31-65/h8-14,19-49,54H,7,15-18H2,1-6H3. The third-order valence-corrected chi connectivity index (χ3v) is 19.4. The van der Waals surface area contributed by atoms with Crippen molar-refractivity contribution in [2.24, 2.45) is 0 Å². The summed E-state index contributed by atoms with van der Waals surface area (Å²) in [5.74, 6) is 0.520. The van der Waals surface area contributed by atoms with E-state index in [0.29, 0.717) is 5.92 Å². The van der Waals surface area contributed by atoms with Gasteiger partial charge < -0.3 is 4.90 Å². The second-order valence-electron chi connectivity index (χ2n) is 24.1. The minimum absolute atomic E-state index is 0.505. The quantitative estimate of drug-likeness (QED) is 0.125. The van der Waals surface area contributed by atoms with Crippen LogP contribution in [0.1, 0.15) is 121 Å². The predicted molar refractivity (Wildman–Crippen MR) is 339 cm³/mol. The van der Waals surface area contributed by atoms with Gasteiger partial charge in [0.05, 0.1) is 10.8 Å². The van der Waals surface area contributed by atoms with Gasteiger partial charge in [0.2, 0.25) is 0 Å². The summed E-state index contributed by atoms with van der Waals surface area (Å²) in [6, 6.07) is 90.4. The minimum atomic E-state index is -0.562.